The Kier molecular flexibility index (Phi) is 5.04. The predicted octanol–water partition coefficient (Wildman–Crippen LogP) is 5.20. The van der Waals surface area contributed by atoms with E-state index in [9.17, 15) is 18.8 Å². The second-order valence-corrected chi connectivity index (χ2v) is 10.9. The molecule has 0 radical (unpaired) electrons. The maximum absolute atomic E-state index is 14.7. The molecule has 5 aromatic rings. The number of amides is 2. The summed E-state index contributed by atoms with van der Waals surface area (Å²) in [6.45, 7) is 1.87. The van der Waals surface area contributed by atoms with Gasteiger partial charge in [-0.15, -0.1) is 10.2 Å². The minimum Gasteiger partial charge on any atom is -0.450 e. The molecule has 0 saturated carbocycles. The first-order valence-corrected chi connectivity index (χ1v) is 13.1. The van der Waals surface area contributed by atoms with Gasteiger partial charge in [0.05, 0.1) is 23.2 Å². The molecule has 1 spiro atoms. The van der Waals surface area contributed by atoms with Gasteiger partial charge >= 0.3 is 0 Å². The number of anilines is 2. The highest BCUT2D eigenvalue weighted by Gasteiger charge is 2.66. The van der Waals surface area contributed by atoms with Gasteiger partial charge < -0.3 is 9.32 Å². The second kappa shape index (κ2) is 8.29. The van der Waals surface area contributed by atoms with E-state index in [-0.39, 0.29) is 34.0 Å². The van der Waals surface area contributed by atoms with Gasteiger partial charge in [0.1, 0.15) is 16.4 Å². The van der Waals surface area contributed by atoms with E-state index in [0.29, 0.717) is 21.3 Å². The zero-order valence-electron chi connectivity index (χ0n) is 20.1. The van der Waals surface area contributed by atoms with Crippen LogP contribution in [0.3, 0.4) is 0 Å². The first kappa shape index (κ1) is 23.7. The highest BCUT2D eigenvalue weighted by atomic mass is 35.5. The molecular weight excluding hydrogens is 543 g/mol. The van der Waals surface area contributed by atoms with Crippen LogP contribution in [0.2, 0.25) is 5.02 Å². The maximum Gasteiger partial charge on any atom is 0.297 e. The molecule has 0 bridgehead atoms. The first-order chi connectivity index (χ1) is 18.8. The van der Waals surface area contributed by atoms with E-state index in [1.54, 1.807) is 55.5 Å². The first-order valence-electron chi connectivity index (χ1n) is 11.9. The number of para-hydroxylation sites is 1. The SMILES string of the molecule is Cc1nnc(N2C(=O)c3oc4ccc(F)cc4c(=O)c3C23C(=O)N(Cc2ccc(Cl)cc2)c2ccccc23)s1. The lowest BCUT2D eigenvalue weighted by Crippen LogP contribution is -2.53. The summed E-state index contributed by atoms with van der Waals surface area (Å²) in [6, 6.07) is 17.5. The van der Waals surface area contributed by atoms with Crippen molar-refractivity contribution in [3.05, 3.63) is 115 Å². The third-order valence-corrected chi connectivity index (χ3v) is 8.12. The van der Waals surface area contributed by atoms with Crippen molar-refractivity contribution < 1.29 is 18.4 Å². The number of hydrogen-bond acceptors (Lipinski definition) is 7. The number of aryl methyl sites for hydroxylation is 1. The molecule has 0 fully saturated rings. The summed E-state index contributed by atoms with van der Waals surface area (Å²) in [7, 11) is 0. The summed E-state index contributed by atoms with van der Waals surface area (Å²) in [6.07, 6.45) is 0. The molecule has 2 aliphatic heterocycles. The monoisotopic (exact) mass is 558 g/mol. The Morgan fingerprint density at radius 2 is 1.79 bits per heavy atom. The van der Waals surface area contributed by atoms with Crippen LogP contribution < -0.4 is 15.2 Å². The topological polar surface area (TPSA) is 96.6 Å². The van der Waals surface area contributed by atoms with E-state index in [1.165, 1.54) is 15.9 Å². The van der Waals surface area contributed by atoms with Gasteiger partial charge in [-0.1, -0.05) is 53.3 Å². The van der Waals surface area contributed by atoms with Crippen molar-refractivity contribution in [3.8, 4) is 0 Å². The molecule has 8 nitrogen and oxygen atoms in total. The molecule has 0 saturated heterocycles. The van der Waals surface area contributed by atoms with Crippen LogP contribution in [0.15, 0.2) is 75.9 Å². The fourth-order valence-corrected chi connectivity index (χ4v) is 6.31. The summed E-state index contributed by atoms with van der Waals surface area (Å²) in [5.74, 6) is -2.18. The van der Waals surface area contributed by atoms with E-state index in [4.69, 9.17) is 16.0 Å². The Morgan fingerprint density at radius 3 is 2.54 bits per heavy atom. The molecule has 1 unspecified atom stereocenters. The van der Waals surface area contributed by atoms with E-state index in [2.05, 4.69) is 10.2 Å². The Balaban J connectivity index is 1.56. The largest absolute Gasteiger partial charge is 0.450 e. The average Bonchev–Trinajstić information content (AvgIpc) is 3.54. The number of aromatic nitrogens is 2. The molecule has 4 heterocycles. The smallest absolute Gasteiger partial charge is 0.297 e. The standard InChI is InChI=1S/C28H16ClFN4O4S/c1-14-31-32-27(39-14)34-25(36)24-22(23(35)18-12-17(30)10-11-21(18)38-24)28(34)19-4-2-3-5-20(19)33(26(28)37)13-15-6-8-16(29)9-7-15/h2-12H,13H2,1H3. The lowest BCUT2D eigenvalue weighted by molar-refractivity contribution is -0.121. The Bertz CT molecular complexity index is 1920. The highest BCUT2D eigenvalue weighted by molar-refractivity contribution is 7.15. The van der Waals surface area contributed by atoms with Crippen molar-refractivity contribution in [2.24, 2.45) is 0 Å². The molecule has 0 N–H and O–H groups in total. The number of carbonyl (C=O) groups excluding carboxylic acids is 2. The third-order valence-electron chi connectivity index (χ3n) is 7.05. The van der Waals surface area contributed by atoms with Crippen LogP contribution >= 0.6 is 22.9 Å². The van der Waals surface area contributed by atoms with Gasteiger partial charge in [0.25, 0.3) is 11.8 Å². The second-order valence-electron chi connectivity index (χ2n) is 9.27. The number of hydrogen-bond donors (Lipinski definition) is 0. The summed E-state index contributed by atoms with van der Waals surface area (Å²) in [4.78, 5) is 45.6. The van der Waals surface area contributed by atoms with Gasteiger partial charge in [0.15, 0.2) is 11.0 Å². The quantitative estimate of drug-likeness (QED) is 0.302. The van der Waals surface area contributed by atoms with Crippen molar-refractivity contribution in [1.29, 1.82) is 0 Å². The van der Waals surface area contributed by atoms with Crippen LogP contribution in [0.25, 0.3) is 11.0 Å². The number of rotatable bonds is 3. The van der Waals surface area contributed by atoms with Crippen molar-refractivity contribution in [3.63, 3.8) is 0 Å². The molecular formula is C28H16ClFN4O4S. The number of halogens is 2. The molecule has 2 aliphatic rings. The van der Waals surface area contributed by atoms with Crippen LogP contribution in [-0.4, -0.2) is 22.0 Å². The van der Waals surface area contributed by atoms with Gasteiger partial charge in [0, 0.05) is 10.6 Å². The zero-order valence-corrected chi connectivity index (χ0v) is 21.7. The maximum atomic E-state index is 14.7. The molecule has 7 rings (SSSR count). The summed E-state index contributed by atoms with van der Waals surface area (Å²) in [5.41, 5.74) is -1.02. The molecule has 1 atom stereocenters. The van der Waals surface area contributed by atoms with Gasteiger partial charge in [-0.2, -0.15) is 0 Å². The van der Waals surface area contributed by atoms with Crippen LogP contribution in [0, 0.1) is 12.7 Å². The van der Waals surface area contributed by atoms with Crippen LogP contribution in [0.4, 0.5) is 15.2 Å². The summed E-state index contributed by atoms with van der Waals surface area (Å²) >= 11 is 7.18. The summed E-state index contributed by atoms with van der Waals surface area (Å²) < 4.78 is 20.2. The van der Waals surface area contributed by atoms with Gasteiger partial charge in [-0.3, -0.25) is 19.3 Å². The Labute approximate surface area is 228 Å². The number of fused-ring (bicyclic) bond motifs is 5. The van der Waals surface area contributed by atoms with E-state index in [1.807, 2.05) is 0 Å². The van der Waals surface area contributed by atoms with E-state index >= 15 is 0 Å². The van der Waals surface area contributed by atoms with Crippen LogP contribution in [-0.2, 0) is 16.9 Å². The lowest BCUT2D eigenvalue weighted by atomic mass is 9.84. The molecule has 39 heavy (non-hydrogen) atoms. The minimum absolute atomic E-state index is 0.0377. The average molecular weight is 559 g/mol. The molecule has 192 valence electrons. The Hall–Kier alpha value is -4.41. The molecule has 0 aliphatic carbocycles. The van der Waals surface area contributed by atoms with E-state index in [0.717, 1.165) is 29.0 Å². The fourth-order valence-electron chi connectivity index (χ4n) is 5.44. The lowest BCUT2D eigenvalue weighted by Gasteiger charge is -2.32. The van der Waals surface area contributed by atoms with Crippen LogP contribution in [0.1, 0.15) is 32.3 Å². The number of nitrogens with zero attached hydrogens (tertiary/aromatic N) is 4. The molecule has 2 amide bonds. The predicted molar refractivity (Wildman–Crippen MR) is 144 cm³/mol. The van der Waals surface area contributed by atoms with E-state index < -0.39 is 28.6 Å². The van der Waals surface area contributed by atoms with Gasteiger partial charge in [-0.05, 0) is 48.9 Å². The molecule has 3 aromatic carbocycles. The van der Waals surface area contributed by atoms with Gasteiger partial charge in [-0.25, -0.2) is 4.39 Å². The fraction of sp³-hybridized carbons (Fsp3) is 0.107. The van der Waals surface area contributed by atoms with Crippen molar-refractivity contribution in [2.45, 2.75) is 19.0 Å². The Morgan fingerprint density at radius 1 is 1.03 bits per heavy atom. The normalized spacial score (nSPS) is 17.9. The van der Waals surface area contributed by atoms with Gasteiger partial charge in [0.2, 0.25) is 10.9 Å². The number of carbonyl (C=O) groups is 2. The van der Waals surface area contributed by atoms with Crippen molar-refractivity contribution >= 4 is 56.5 Å². The van der Waals surface area contributed by atoms with Crippen molar-refractivity contribution in [1.82, 2.24) is 10.2 Å². The molecule has 11 heteroatoms. The zero-order chi connectivity index (χ0) is 27.1. The highest BCUT2D eigenvalue weighted by Crippen LogP contribution is 2.54. The van der Waals surface area contributed by atoms with Crippen LogP contribution in [0.5, 0.6) is 0 Å². The van der Waals surface area contributed by atoms with Crippen molar-refractivity contribution in [2.75, 3.05) is 9.80 Å². The summed E-state index contributed by atoms with van der Waals surface area (Å²) in [5, 5.41) is 9.41. The number of benzene rings is 3. The molecule has 2 aromatic heterocycles. The minimum atomic E-state index is -1.93. The third kappa shape index (κ3) is 3.18.